The first-order valence-electron chi connectivity index (χ1n) is 5.18. The molecule has 2 rings (SSSR count). The zero-order valence-electron chi connectivity index (χ0n) is 8.99. The van der Waals surface area contributed by atoms with Crippen molar-refractivity contribution in [3.8, 4) is 0 Å². The van der Waals surface area contributed by atoms with Crippen LogP contribution in [0.4, 0.5) is 4.39 Å². The SMILES string of the molecule is O=C(c1c(F)cccc1Br)N1CCS(=O)CC1. The van der Waals surface area contributed by atoms with Gasteiger partial charge in [0.15, 0.2) is 0 Å². The fraction of sp³-hybridized carbons (Fsp3) is 0.364. The maximum atomic E-state index is 13.6. The number of rotatable bonds is 1. The van der Waals surface area contributed by atoms with E-state index in [1.54, 1.807) is 17.0 Å². The van der Waals surface area contributed by atoms with Crippen molar-refractivity contribution in [1.29, 1.82) is 0 Å². The van der Waals surface area contributed by atoms with Crippen LogP contribution in [0, 0.1) is 5.82 Å². The standard InChI is InChI=1S/C11H11BrFNO2S/c12-8-2-1-3-9(13)10(8)11(15)14-4-6-17(16)7-5-14/h1-3H,4-7H2. The van der Waals surface area contributed by atoms with Gasteiger partial charge in [0, 0.05) is 39.9 Å². The topological polar surface area (TPSA) is 37.4 Å². The van der Waals surface area contributed by atoms with Crippen molar-refractivity contribution in [2.24, 2.45) is 0 Å². The van der Waals surface area contributed by atoms with Crippen molar-refractivity contribution < 1.29 is 13.4 Å². The molecular weight excluding hydrogens is 309 g/mol. The van der Waals surface area contributed by atoms with Gasteiger partial charge >= 0.3 is 0 Å². The number of benzene rings is 1. The molecule has 1 aliphatic heterocycles. The monoisotopic (exact) mass is 319 g/mol. The molecule has 92 valence electrons. The molecule has 0 saturated carbocycles. The second-order valence-corrected chi connectivity index (χ2v) is 6.29. The van der Waals surface area contributed by atoms with Gasteiger partial charge in [0.25, 0.3) is 5.91 Å². The molecule has 0 bridgehead atoms. The summed E-state index contributed by atoms with van der Waals surface area (Å²) in [5.74, 6) is 0.0676. The number of amides is 1. The molecule has 1 saturated heterocycles. The number of hydrogen-bond donors (Lipinski definition) is 0. The van der Waals surface area contributed by atoms with Gasteiger partial charge in [-0.2, -0.15) is 0 Å². The highest BCUT2D eigenvalue weighted by Crippen LogP contribution is 2.21. The van der Waals surface area contributed by atoms with Gasteiger partial charge in [-0.25, -0.2) is 4.39 Å². The average molecular weight is 320 g/mol. The number of nitrogens with zero attached hydrogens (tertiary/aromatic N) is 1. The van der Waals surface area contributed by atoms with Gasteiger partial charge in [-0.1, -0.05) is 6.07 Å². The second kappa shape index (κ2) is 5.27. The molecule has 1 heterocycles. The van der Waals surface area contributed by atoms with Gasteiger partial charge in [0.05, 0.1) is 5.56 Å². The van der Waals surface area contributed by atoms with Crippen LogP contribution in [-0.4, -0.2) is 39.6 Å². The Hall–Kier alpha value is -0.750. The maximum Gasteiger partial charge on any atom is 0.258 e. The zero-order chi connectivity index (χ0) is 12.4. The van der Waals surface area contributed by atoms with Gasteiger partial charge in [-0.15, -0.1) is 0 Å². The van der Waals surface area contributed by atoms with E-state index in [1.807, 2.05) is 0 Å². The Morgan fingerprint density at radius 3 is 2.59 bits per heavy atom. The van der Waals surface area contributed by atoms with E-state index in [-0.39, 0.29) is 11.5 Å². The summed E-state index contributed by atoms with van der Waals surface area (Å²) >= 11 is 3.18. The number of carbonyl (C=O) groups is 1. The maximum absolute atomic E-state index is 13.6. The van der Waals surface area contributed by atoms with Crippen LogP contribution in [0.15, 0.2) is 22.7 Å². The summed E-state index contributed by atoms with van der Waals surface area (Å²) in [6.07, 6.45) is 0. The van der Waals surface area contributed by atoms with Crippen LogP contribution in [0.25, 0.3) is 0 Å². The van der Waals surface area contributed by atoms with Crippen LogP contribution in [0.1, 0.15) is 10.4 Å². The summed E-state index contributed by atoms with van der Waals surface area (Å²) in [7, 11) is -0.844. The lowest BCUT2D eigenvalue weighted by molar-refractivity contribution is 0.0765. The predicted octanol–water partition coefficient (Wildman–Crippen LogP) is 1.79. The Kier molecular flexibility index (Phi) is 3.93. The van der Waals surface area contributed by atoms with Crippen LogP contribution in [0.5, 0.6) is 0 Å². The Morgan fingerprint density at radius 2 is 2.00 bits per heavy atom. The van der Waals surface area contributed by atoms with Crippen LogP contribution in [0.2, 0.25) is 0 Å². The van der Waals surface area contributed by atoms with Crippen LogP contribution < -0.4 is 0 Å². The molecule has 0 spiro atoms. The highest BCUT2D eigenvalue weighted by atomic mass is 79.9. The van der Waals surface area contributed by atoms with Crippen molar-refractivity contribution in [3.63, 3.8) is 0 Å². The lowest BCUT2D eigenvalue weighted by Crippen LogP contribution is -2.42. The zero-order valence-corrected chi connectivity index (χ0v) is 11.4. The number of halogens is 2. The van der Waals surface area contributed by atoms with Crippen molar-refractivity contribution in [2.45, 2.75) is 0 Å². The first-order chi connectivity index (χ1) is 8.09. The van der Waals surface area contributed by atoms with Crippen LogP contribution in [-0.2, 0) is 10.8 Å². The minimum Gasteiger partial charge on any atom is -0.337 e. The lowest BCUT2D eigenvalue weighted by Gasteiger charge is -2.26. The molecule has 1 aliphatic rings. The van der Waals surface area contributed by atoms with Gasteiger partial charge in [-0.3, -0.25) is 9.00 Å². The third-order valence-corrected chi connectivity index (χ3v) is 4.58. The molecule has 0 aliphatic carbocycles. The van der Waals surface area contributed by atoms with E-state index in [9.17, 15) is 13.4 Å². The molecule has 0 unspecified atom stereocenters. The molecule has 1 aromatic carbocycles. The normalized spacial score (nSPS) is 17.2. The van der Waals surface area contributed by atoms with Crippen molar-refractivity contribution in [3.05, 3.63) is 34.1 Å². The van der Waals surface area contributed by atoms with Crippen LogP contribution in [0.3, 0.4) is 0 Å². The third kappa shape index (κ3) is 2.74. The van der Waals surface area contributed by atoms with Crippen molar-refractivity contribution in [2.75, 3.05) is 24.6 Å². The fourth-order valence-corrected chi connectivity index (χ4v) is 3.26. The minimum atomic E-state index is -0.844. The highest BCUT2D eigenvalue weighted by Gasteiger charge is 2.24. The first kappa shape index (κ1) is 12.7. The first-order valence-corrected chi connectivity index (χ1v) is 7.46. The largest absolute Gasteiger partial charge is 0.337 e. The van der Waals surface area contributed by atoms with E-state index in [0.29, 0.717) is 29.1 Å². The van der Waals surface area contributed by atoms with E-state index >= 15 is 0 Å². The molecule has 17 heavy (non-hydrogen) atoms. The van der Waals surface area contributed by atoms with E-state index in [4.69, 9.17) is 0 Å². The summed E-state index contributed by atoms with van der Waals surface area (Å²) < 4.78 is 25.2. The summed E-state index contributed by atoms with van der Waals surface area (Å²) in [6.45, 7) is 0.846. The molecule has 3 nitrogen and oxygen atoms in total. The predicted molar refractivity (Wildman–Crippen MR) is 67.9 cm³/mol. The van der Waals surface area contributed by atoms with Crippen molar-refractivity contribution in [1.82, 2.24) is 4.90 Å². The van der Waals surface area contributed by atoms with Gasteiger partial charge in [0.1, 0.15) is 5.82 Å². The molecule has 0 aromatic heterocycles. The van der Waals surface area contributed by atoms with Gasteiger partial charge in [0.2, 0.25) is 0 Å². The fourth-order valence-electron chi connectivity index (χ4n) is 1.70. The van der Waals surface area contributed by atoms with E-state index in [2.05, 4.69) is 15.9 Å². The lowest BCUT2D eigenvalue weighted by atomic mass is 10.2. The second-order valence-electron chi connectivity index (χ2n) is 3.74. The van der Waals surface area contributed by atoms with Crippen LogP contribution >= 0.6 is 15.9 Å². The molecular formula is C11H11BrFNO2S. The summed E-state index contributed by atoms with van der Waals surface area (Å²) in [5.41, 5.74) is 0.0557. The third-order valence-electron chi connectivity index (χ3n) is 2.64. The van der Waals surface area contributed by atoms with Gasteiger partial charge in [-0.05, 0) is 28.1 Å². The summed E-state index contributed by atoms with van der Waals surface area (Å²) in [4.78, 5) is 13.7. The highest BCUT2D eigenvalue weighted by molar-refractivity contribution is 9.10. The molecule has 0 radical (unpaired) electrons. The number of hydrogen-bond acceptors (Lipinski definition) is 2. The van der Waals surface area contributed by atoms with Crippen molar-refractivity contribution >= 4 is 32.6 Å². The summed E-state index contributed by atoms with van der Waals surface area (Å²) in [6, 6.07) is 4.44. The molecule has 1 aromatic rings. The average Bonchev–Trinajstić information content (AvgIpc) is 2.29. The Labute approximate surface area is 110 Å². The van der Waals surface area contributed by atoms with Gasteiger partial charge < -0.3 is 4.90 Å². The van der Waals surface area contributed by atoms with E-state index < -0.39 is 16.6 Å². The molecule has 0 atom stereocenters. The van der Waals surface area contributed by atoms with E-state index in [0.717, 1.165) is 0 Å². The molecule has 1 amide bonds. The van der Waals surface area contributed by atoms with E-state index in [1.165, 1.54) is 6.07 Å². The Balaban J connectivity index is 2.22. The molecule has 1 fully saturated rings. The summed E-state index contributed by atoms with van der Waals surface area (Å²) in [5, 5.41) is 0. The minimum absolute atomic E-state index is 0.0557. The quantitative estimate of drug-likeness (QED) is 0.791. The Morgan fingerprint density at radius 1 is 1.35 bits per heavy atom. The molecule has 6 heteroatoms. The molecule has 0 N–H and O–H groups in total. The Bertz CT molecular complexity index is 450. The number of carbonyl (C=O) groups excluding carboxylic acids is 1. The smallest absolute Gasteiger partial charge is 0.258 e.